The monoisotopic (exact) mass is 282 g/mol. The van der Waals surface area contributed by atoms with Crippen molar-refractivity contribution in [2.75, 3.05) is 0 Å². The Bertz CT molecular complexity index is 567. The van der Waals surface area contributed by atoms with Crippen molar-refractivity contribution in [3.63, 3.8) is 0 Å². The third-order valence-corrected chi connectivity index (χ3v) is 4.89. The van der Waals surface area contributed by atoms with E-state index in [4.69, 9.17) is 5.73 Å². The van der Waals surface area contributed by atoms with Crippen LogP contribution in [0.3, 0.4) is 0 Å². The van der Waals surface area contributed by atoms with E-state index in [0.29, 0.717) is 0 Å². The van der Waals surface area contributed by atoms with E-state index in [-0.39, 0.29) is 6.04 Å². The van der Waals surface area contributed by atoms with Crippen LogP contribution in [0.4, 0.5) is 0 Å². The molecule has 1 unspecified atom stereocenters. The molecule has 2 nitrogen and oxygen atoms in total. The van der Waals surface area contributed by atoms with Crippen LogP contribution in [0.25, 0.3) is 10.9 Å². The van der Waals surface area contributed by atoms with Gasteiger partial charge in [0.15, 0.2) is 0 Å². The van der Waals surface area contributed by atoms with Gasteiger partial charge < -0.3 is 5.73 Å². The Balaban J connectivity index is 1.59. The topological polar surface area (TPSA) is 38.9 Å². The highest BCUT2D eigenvalue weighted by molar-refractivity contribution is 5.81. The minimum absolute atomic E-state index is 0.276. The first-order chi connectivity index (χ1) is 10.3. The van der Waals surface area contributed by atoms with Gasteiger partial charge in [-0.3, -0.25) is 4.98 Å². The van der Waals surface area contributed by atoms with Crippen LogP contribution in [0, 0.1) is 5.92 Å². The molecule has 3 rings (SSSR count). The Morgan fingerprint density at radius 3 is 2.76 bits per heavy atom. The van der Waals surface area contributed by atoms with Gasteiger partial charge in [-0.05, 0) is 42.9 Å². The summed E-state index contributed by atoms with van der Waals surface area (Å²) in [6.45, 7) is 0. The van der Waals surface area contributed by atoms with Crippen LogP contribution in [-0.2, 0) is 6.42 Å². The fourth-order valence-electron chi connectivity index (χ4n) is 3.64. The summed E-state index contributed by atoms with van der Waals surface area (Å²) in [7, 11) is 0. The molecule has 1 aliphatic rings. The largest absolute Gasteiger partial charge is 0.327 e. The van der Waals surface area contributed by atoms with Crippen molar-refractivity contribution in [3.8, 4) is 0 Å². The molecule has 1 fully saturated rings. The predicted octanol–water partition coefficient (Wildman–Crippen LogP) is 4.47. The van der Waals surface area contributed by atoms with Crippen molar-refractivity contribution >= 4 is 10.9 Å². The second-order valence-electron chi connectivity index (χ2n) is 6.53. The van der Waals surface area contributed by atoms with Crippen molar-refractivity contribution in [3.05, 3.63) is 42.1 Å². The number of nitrogens with two attached hydrogens (primary N) is 1. The summed E-state index contributed by atoms with van der Waals surface area (Å²) in [5.41, 5.74) is 8.82. The van der Waals surface area contributed by atoms with E-state index in [9.17, 15) is 0 Å². The smallest absolute Gasteiger partial charge is 0.0704 e. The molecule has 2 heteroatoms. The Kier molecular flexibility index (Phi) is 4.87. The number of para-hydroxylation sites is 1. The maximum absolute atomic E-state index is 6.39. The van der Waals surface area contributed by atoms with E-state index in [1.807, 2.05) is 12.3 Å². The molecule has 0 spiro atoms. The Morgan fingerprint density at radius 1 is 1.10 bits per heavy atom. The molecule has 112 valence electrons. The lowest BCUT2D eigenvalue weighted by molar-refractivity contribution is 0.323. The van der Waals surface area contributed by atoms with Gasteiger partial charge in [-0.15, -0.1) is 0 Å². The molecule has 1 aromatic carbocycles. The Morgan fingerprint density at radius 2 is 1.90 bits per heavy atom. The molecular weight excluding hydrogens is 256 g/mol. The fraction of sp³-hybridized carbons (Fsp3) is 0.526. The first-order valence-electron chi connectivity index (χ1n) is 8.41. The molecule has 1 aromatic heterocycles. The van der Waals surface area contributed by atoms with Gasteiger partial charge >= 0.3 is 0 Å². The average molecular weight is 282 g/mol. The number of hydrogen-bond acceptors (Lipinski definition) is 2. The first kappa shape index (κ1) is 14.5. The number of aromatic nitrogens is 1. The Hall–Kier alpha value is -1.41. The third-order valence-electron chi connectivity index (χ3n) is 4.89. The van der Waals surface area contributed by atoms with Gasteiger partial charge in [0.2, 0.25) is 0 Å². The SMILES string of the molecule is NC(CCC1CCCCC1)Cc1ccnc2ccccc12. The van der Waals surface area contributed by atoms with Crippen molar-refractivity contribution in [1.82, 2.24) is 4.98 Å². The molecule has 1 heterocycles. The van der Waals surface area contributed by atoms with Crippen molar-refractivity contribution < 1.29 is 0 Å². The number of fused-ring (bicyclic) bond motifs is 1. The maximum Gasteiger partial charge on any atom is 0.0704 e. The minimum atomic E-state index is 0.276. The van der Waals surface area contributed by atoms with E-state index >= 15 is 0 Å². The molecule has 0 radical (unpaired) electrons. The van der Waals surface area contributed by atoms with Gasteiger partial charge in [0, 0.05) is 17.6 Å². The van der Waals surface area contributed by atoms with Crippen LogP contribution < -0.4 is 5.73 Å². The molecule has 0 saturated heterocycles. The zero-order chi connectivity index (χ0) is 14.5. The summed E-state index contributed by atoms with van der Waals surface area (Å²) in [4.78, 5) is 4.43. The standard InChI is InChI=1S/C19H26N2/c20-17(11-10-15-6-2-1-3-7-15)14-16-12-13-21-19-9-5-4-8-18(16)19/h4-5,8-9,12-13,15,17H,1-3,6-7,10-11,14,20H2. The summed E-state index contributed by atoms with van der Waals surface area (Å²) < 4.78 is 0. The molecule has 2 aromatic rings. The highest BCUT2D eigenvalue weighted by Gasteiger charge is 2.15. The van der Waals surface area contributed by atoms with Crippen molar-refractivity contribution in [2.24, 2.45) is 11.7 Å². The van der Waals surface area contributed by atoms with E-state index in [2.05, 4.69) is 29.2 Å². The molecule has 1 aliphatic carbocycles. The number of hydrogen-bond donors (Lipinski definition) is 1. The second-order valence-corrected chi connectivity index (χ2v) is 6.53. The summed E-state index contributed by atoms with van der Waals surface area (Å²) in [6.07, 6.45) is 12.5. The molecule has 21 heavy (non-hydrogen) atoms. The maximum atomic E-state index is 6.39. The third kappa shape index (κ3) is 3.82. The average Bonchev–Trinajstić information content (AvgIpc) is 2.54. The van der Waals surface area contributed by atoms with Crippen molar-refractivity contribution in [2.45, 2.75) is 57.4 Å². The summed E-state index contributed by atoms with van der Waals surface area (Å²) in [5, 5.41) is 1.26. The van der Waals surface area contributed by atoms with Crippen LogP contribution in [0.1, 0.15) is 50.5 Å². The van der Waals surface area contributed by atoms with Crippen LogP contribution in [0.5, 0.6) is 0 Å². The van der Waals surface area contributed by atoms with Gasteiger partial charge in [-0.1, -0.05) is 50.3 Å². The van der Waals surface area contributed by atoms with E-state index < -0.39 is 0 Å². The predicted molar refractivity (Wildman–Crippen MR) is 89.2 cm³/mol. The van der Waals surface area contributed by atoms with Gasteiger partial charge in [-0.25, -0.2) is 0 Å². The van der Waals surface area contributed by atoms with Gasteiger partial charge in [0.05, 0.1) is 5.52 Å². The highest BCUT2D eigenvalue weighted by atomic mass is 14.7. The number of pyridine rings is 1. The lowest BCUT2D eigenvalue weighted by Crippen LogP contribution is -2.24. The first-order valence-corrected chi connectivity index (χ1v) is 8.41. The summed E-state index contributed by atoms with van der Waals surface area (Å²) >= 11 is 0. The molecule has 0 amide bonds. The second kappa shape index (κ2) is 7.04. The lowest BCUT2D eigenvalue weighted by atomic mass is 9.84. The number of benzene rings is 1. The number of nitrogens with zero attached hydrogens (tertiary/aromatic N) is 1. The molecule has 1 atom stereocenters. The van der Waals surface area contributed by atoms with Crippen LogP contribution in [0.15, 0.2) is 36.5 Å². The van der Waals surface area contributed by atoms with Crippen LogP contribution in [0.2, 0.25) is 0 Å². The van der Waals surface area contributed by atoms with E-state index in [1.54, 1.807) is 0 Å². The lowest BCUT2D eigenvalue weighted by Gasteiger charge is -2.23. The minimum Gasteiger partial charge on any atom is -0.327 e. The van der Waals surface area contributed by atoms with Crippen LogP contribution in [-0.4, -0.2) is 11.0 Å². The molecule has 0 bridgehead atoms. The van der Waals surface area contributed by atoms with Crippen LogP contribution >= 0.6 is 0 Å². The quantitative estimate of drug-likeness (QED) is 0.879. The van der Waals surface area contributed by atoms with E-state index in [0.717, 1.165) is 24.3 Å². The normalized spacial score (nSPS) is 18.0. The zero-order valence-corrected chi connectivity index (χ0v) is 12.8. The van der Waals surface area contributed by atoms with Crippen molar-refractivity contribution in [1.29, 1.82) is 0 Å². The number of rotatable bonds is 5. The molecular formula is C19H26N2. The molecule has 1 saturated carbocycles. The molecule has 2 N–H and O–H groups in total. The van der Waals surface area contributed by atoms with E-state index in [1.165, 1.54) is 49.5 Å². The fourth-order valence-corrected chi connectivity index (χ4v) is 3.64. The molecule has 0 aliphatic heterocycles. The summed E-state index contributed by atoms with van der Waals surface area (Å²) in [6, 6.07) is 10.8. The van der Waals surface area contributed by atoms with Gasteiger partial charge in [0.1, 0.15) is 0 Å². The van der Waals surface area contributed by atoms with Gasteiger partial charge in [0.25, 0.3) is 0 Å². The summed E-state index contributed by atoms with van der Waals surface area (Å²) in [5.74, 6) is 0.930. The Labute approximate surface area is 127 Å². The van der Waals surface area contributed by atoms with Gasteiger partial charge in [-0.2, -0.15) is 0 Å². The highest BCUT2D eigenvalue weighted by Crippen LogP contribution is 2.28. The zero-order valence-electron chi connectivity index (χ0n) is 12.8.